The number of piperidine rings is 1. The van der Waals surface area contributed by atoms with Crippen LogP contribution in [-0.2, 0) is 4.74 Å². The predicted octanol–water partition coefficient (Wildman–Crippen LogP) is 2.54. The van der Waals surface area contributed by atoms with E-state index < -0.39 is 0 Å². The lowest BCUT2D eigenvalue weighted by molar-refractivity contribution is 0.0567. The topological polar surface area (TPSA) is 19.0 Å². The lowest BCUT2D eigenvalue weighted by atomic mass is 9.94. The molecule has 0 N–H and O–H groups in total. The normalized spacial score (nSPS) is 23.2. The molecule has 0 bridgehead atoms. The largest absolute Gasteiger partial charge is 0.379 e. The minimum Gasteiger partial charge on any atom is -0.379 e. The van der Waals surface area contributed by atoms with Crippen molar-refractivity contribution in [2.24, 2.45) is 5.92 Å². The van der Waals surface area contributed by atoms with Gasteiger partial charge in [0, 0.05) is 51.9 Å². The third kappa shape index (κ3) is 7.08. The third-order valence-corrected chi connectivity index (χ3v) is 5.55. The van der Waals surface area contributed by atoms with Gasteiger partial charge in [0.05, 0.1) is 6.10 Å². The summed E-state index contributed by atoms with van der Waals surface area (Å²) in [5.74, 6) is 0.889. The summed E-state index contributed by atoms with van der Waals surface area (Å²) in [4.78, 5) is 7.93. The molecule has 136 valence electrons. The van der Waals surface area contributed by atoms with Crippen molar-refractivity contribution in [2.75, 3.05) is 59.0 Å². The molecule has 2 heterocycles. The van der Waals surface area contributed by atoms with Gasteiger partial charge in [-0.15, -0.1) is 0 Å². The van der Waals surface area contributed by atoms with E-state index in [9.17, 15) is 0 Å². The monoisotopic (exact) mass is 325 g/mol. The Morgan fingerprint density at radius 3 is 1.91 bits per heavy atom. The fourth-order valence-corrected chi connectivity index (χ4v) is 3.76. The molecule has 0 aromatic carbocycles. The molecule has 0 spiro atoms. The van der Waals surface area contributed by atoms with Crippen molar-refractivity contribution in [3.8, 4) is 0 Å². The zero-order chi connectivity index (χ0) is 16.7. The highest BCUT2D eigenvalue weighted by molar-refractivity contribution is 4.77. The minimum atomic E-state index is 0.381. The Hall–Kier alpha value is -0.160. The second kappa shape index (κ2) is 9.97. The van der Waals surface area contributed by atoms with E-state index in [1.165, 1.54) is 71.6 Å². The van der Waals surface area contributed by atoms with Gasteiger partial charge in [0.1, 0.15) is 0 Å². The first-order valence-corrected chi connectivity index (χ1v) is 9.85. The van der Waals surface area contributed by atoms with Crippen molar-refractivity contribution in [2.45, 2.75) is 59.1 Å². The van der Waals surface area contributed by atoms with E-state index in [0.717, 1.165) is 12.5 Å². The molecule has 0 atom stereocenters. The Balaban J connectivity index is 1.53. The van der Waals surface area contributed by atoms with E-state index in [2.05, 4.69) is 42.4 Å². The molecular formula is C19H39N3O. The number of piperazine rings is 1. The Bertz CT molecular complexity index is 306. The molecule has 0 amide bonds. The van der Waals surface area contributed by atoms with Gasteiger partial charge < -0.3 is 9.64 Å². The highest BCUT2D eigenvalue weighted by Crippen LogP contribution is 2.20. The van der Waals surface area contributed by atoms with Gasteiger partial charge >= 0.3 is 0 Å². The fraction of sp³-hybridized carbons (Fsp3) is 1.00. The van der Waals surface area contributed by atoms with Crippen LogP contribution in [0.4, 0.5) is 0 Å². The van der Waals surface area contributed by atoms with Gasteiger partial charge in [-0.3, -0.25) is 9.80 Å². The molecule has 2 fully saturated rings. The zero-order valence-electron chi connectivity index (χ0n) is 16.0. The summed E-state index contributed by atoms with van der Waals surface area (Å²) in [6.45, 7) is 19.9. The molecular weight excluding hydrogens is 286 g/mol. The average molecular weight is 326 g/mol. The van der Waals surface area contributed by atoms with Crippen LogP contribution in [0.1, 0.15) is 47.0 Å². The second-order valence-electron chi connectivity index (χ2n) is 7.96. The zero-order valence-corrected chi connectivity index (χ0v) is 16.0. The van der Waals surface area contributed by atoms with Crippen molar-refractivity contribution in [1.29, 1.82) is 0 Å². The molecule has 0 unspecified atom stereocenters. The summed E-state index contributed by atoms with van der Waals surface area (Å²) in [5, 5.41) is 0. The van der Waals surface area contributed by atoms with Crippen molar-refractivity contribution in [1.82, 2.24) is 14.7 Å². The van der Waals surface area contributed by atoms with Crippen LogP contribution in [0, 0.1) is 5.92 Å². The maximum Gasteiger partial charge on any atom is 0.0518 e. The third-order valence-electron chi connectivity index (χ3n) is 5.55. The van der Waals surface area contributed by atoms with Gasteiger partial charge in [-0.05, 0) is 66.0 Å². The molecule has 2 saturated heterocycles. The van der Waals surface area contributed by atoms with Crippen LogP contribution in [0.5, 0.6) is 0 Å². The molecule has 2 rings (SSSR count). The van der Waals surface area contributed by atoms with Gasteiger partial charge in [-0.2, -0.15) is 0 Å². The van der Waals surface area contributed by atoms with Crippen LogP contribution < -0.4 is 0 Å². The summed E-state index contributed by atoms with van der Waals surface area (Å²) in [6.07, 6.45) is 4.36. The van der Waals surface area contributed by atoms with Crippen LogP contribution in [-0.4, -0.2) is 85.8 Å². The number of rotatable bonds is 8. The molecule has 0 aromatic heterocycles. The van der Waals surface area contributed by atoms with Gasteiger partial charge in [0.25, 0.3) is 0 Å². The summed E-state index contributed by atoms with van der Waals surface area (Å²) in [5.41, 5.74) is 0. The molecule has 0 radical (unpaired) electrons. The van der Waals surface area contributed by atoms with E-state index in [1.54, 1.807) is 0 Å². The summed E-state index contributed by atoms with van der Waals surface area (Å²) < 4.78 is 5.70. The highest BCUT2D eigenvalue weighted by Gasteiger charge is 2.21. The molecule has 0 aliphatic carbocycles. The molecule has 2 aliphatic rings. The molecule has 0 saturated carbocycles. The fourth-order valence-electron chi connectivity index (χ4n) is 3.76. The highest BCUT2D eigenvalue weighted by atomic mass is 16.5. The minimum absolute atomic E-state index is 0.381. The van der Waals surface area contributed by atoms with E-state index in [4.69, 9.17) is 4.74 Å². The van der Waals surface area contributed by atoms with E-state index in [-0.39, 0.29) is 0 Å². The smallest absolute Gasteiger partial charge is 0.0518 e. The van der Waals surface area contributed by atoms with E-state index >= 15 is 0 Å². The predicted molar refractivity (Wildman–Crippen MR) is 98.0 cm³/mol. The molecule has 4 nitrogen and oxygen atoms in total. The number of ether oxygens (including phenoxy) is 1. The Labute approximate surface area is 144 Å². The van der Waals surface area contributed by atoms with Crippen molar-refractivity contribution in [3.63, 3.8) is 0 Å². The lowest BCUT2D eigenvalue weighted by Gasteiger charge is -2.38. The first kappa shape index (κ1) is 19.2. The Morgan fingerprint density at radius 2 is 1.39 bits per heavy atom. The first-order valence-electron chi connectivity index (χ1n) is 9.85. The number of hydrogen-bond acceptors (Lipinski definition) is 4. The first-order chi connectivity index (χ1) is 11.0. The molecule has 23 heavy (non-hydrogen) atoms. The van der Waals surface area contributed by atoms with Gasteiger partial charge in [0.15, 0.2) is 0 Å². The number of likely N-dealkylation sites (tertiary alicyclic amines) is 1. The SMILES string of the molecule is CC(C)OCCC1CCN(CCN2CCN(C(C)C)CC2)CC1. The standard InChI is InChI=1S/C19H39N3O/c1-17(2)22-14-12-21(13-15-22)11-10-20-8-5-19(6-9-20)7-16-23-18(3)4/h17-19H,5-16H2,1-4H3. The van der Waals surface area contributed by atoms with Gasteiger partial charge in [-0.25, -0.2) is 0 Å². The van der Waals surface area contributed by atoms with Crippen LogP contribution in [0.3, 0.4) is 0 Å². The van der Waals surface area contributed by atoms with Crippen LogP contribution in [0.2, 0.25) is 0 Å². The van der Waals surface area contributed by atoms with Crippen molar-refractivity contribution < 1.29 is 4.74 Å². The molecule has 2 aliphatic heterocycles. The van der Waals surface area contributed by atoms with Crippen molar-refractivity contribution >= 4 is 0 Å². The maximum absolute atomic E-state index is 5.70. The van der Waals surface area contributed by atoms with Crippen molar-refractivity contribution in [3.05, 3.63) is 0 Å². The van der Waals surface area contributed by atoms with Gasteiger partial charge in [0.2, 0.25) is 0 Å². The quantitative estimate of drug-likeness (QED) is 0.682. The molecule has 0 aromatic rings. The van der Waals surface area contributed by atoms with Crippen LogP contribution >= 0.6 is 0 Å². The summed E-state index contributed by atoms with van der Waals surface area (Å²) >= 11 is 0. The Morgan fingerprint density at radius 1 is 0.826 bits per heavy atom. The maximum atomic E-state index is 5.70. The molecule has 4 heteroatoms. The lowest BCUT2D eigenvalue weighted by Crippen LogP contribution is -2.50. The van der Waals surface area contributed by atoms with Gasteiger partial charge in [-0.1, -0.05) is 0 Å². The Kier molecular flexibility index (Phi) is 8.31. The number of hydrogen-bond donors (Lipinski definition) is 0. The second-order valence-corrected chi connectivity index (χ2v) is 7.96. The van der Waals surface area contributed by atoms with E-state index in [0.29, 0.717) is 12.1 Å². The van der Waals surface area contributed by atoms with E-state index in [1.807, 2.05) is 0 Å². The van der Waals surface area contributed by atoms with Crippen LogP contribution in [0.25, 0.3) is 0 Å². The number of nitrogens with zero attached hydrogens (tertiary/aromatic N) is 3. The average Bonchev–Trinajstić information content (AvgIpc) is 2.54. The summed E-state index contributed by atoms with van der Waals surface area (Å²) in [6, 6.07) is 0.704. The summed E-state index contributed by atoms with van der Waals surface area (Å²) in [7, 11) is 0. The van der Waals surface area contributed by atoms with Crippen LogP contribution in [0.15, 0.2) is 0 Å².